The molecule has 0 bridgehead atoms. The fourth-order valence-electron chi connectivity index (χ4n) is 16.5. The number of benzene rings is 3. The summed E-state index contributed by atoms with van der Waals surface area (Å²) in [5, 5.41) is 59.8. The number of H-pyrrole nitrogens is 3. The van der Waals surface area contributed by atoms with Gasteiger partial charge < -0.3 is 130 Å². The molecule has 17 amide bonds. The van der Waals surface area contributed by atoms with Crippen LogP contribution < -0.4 is 75.7 Å². The van der Waals surface area contributed by atoms with E-state index in [1.807, 2.05) is 6.92 Å². The molecule has 45 heteroatoms. The Balaban J connectivity index is 1.10. The van der Waals surface area contributed by atoms with Crippen LogP contribution >= 0.6 is 11.8 Å². The van der Waals surface area contributed by atoms with Crippen LogP contribution in [0.25, 0.3) is 21.8 Å². The van der Waals surface area contributed by atoms with Crippen molar-refractivity contribution in [2.24, 2.45) is 23.1 Å². The van der Waals surface area contributed by atoms with Crippen molar-refractivity contribution in [1.82, 2.24) is 103 Å². The van der Waals surface area contributed by atoms with Gasteiger partial charge in [0.05, 0.1) is 38.3 Å². The largest absolute Gasteiger partial charge is 0.508 e. The molecule has 0 aliphatic carbocycles. The van der Waals surface area contributed by atoms with Crippen molar-refractivity contribution in [2.45, 2.75) is 216 Å². The minimum atomic E-state index is -1.88. The van der Waals surface area contributed by atoms with Crippen LogP contribution in [-0.4, -0.2) is 324 Å². The SMILES string of the molecule is CCCC[C@H]1C(=O)N[C@@H](CCCNC(=N)N)C(=O)NC(C(=O)NCC(N)=O)CSCC(=O)N[C@@H](Cc2ccc(O)cc2)C(=O)N(C)[C@@H](C)C(=O)N[C@@H](CC(N)=O)C(=O)N2CCC[C@H]2C(=O)N[C@@H](Cc2cnc[nH]2)C(=O)N[C@@H](CC(C)C)C(=O)N2CCC[C@H]2C(=O)N[C@@H](Cc2c[nH]c3ccccc23)C(=O)N[C@@H](CO)C(=O)N[C@@H](Cc2c[nH]c3ccccc23)C(=O)N(C)[C@@H](COCC)C(=O)N1C. The fourth-order valence-corrected chi connectivity index (χ4v) is 17.3. The molecule has 0 saturated carbocycles. The van der Waals surface area contributed by atoms with Gasteiger partial charge in [0, 0.05) is 125 Å². The number of imidazole rings is 1. The Hall–Kier alpha value is -13.7. The number of aromatic hydroxyl groups is 1. The number of rotatable bonds is 26. The fraction of sp³-hybridized carbons (Fsp3) is 0.522. The number of aliphatic hydroxyl groups excluding tert-OH is 1. The third-order valence-corrected chi connectivity index (χ3v) is 25.0. The van der Waals surface area contributed by atoms with E-state index in [9.17, 15) is 53.4 Å². The Bertz CT molecular complexity index is 5210. The highest BCUT2D eigenvalue weighted by Crippen LogP contribution is 2.28. The number of aliphatic hydroxyl groups is 1. The smallest absolute Gasteiger partial charge is 0.248 e. The first kappa shape index (κ1) is 105. The van der Waals surface area contributed by atoms with E-state index in [0.717, 1.165) is 31.4 Å². The summed E-state index contributed by atoms with van der Waals surface area (Å²) in [6, 6.07) is -1.93. The van der Waals surface area contributed by atoms with Crippen molar-refractivity contribution in [1.29, 1.82) is 5.41 Å². The second-order valence-electron chi connectivity index (χ2n) is 34.3. The van der Waals surface area contributed by atoms with E-state index in [-0.39, 0.29) is 115 Å². The van der Waals surface area contributed by atoms with Gasteiger partial charge in [0.2, 0.25) is 100 Å². The maximum absolute atomic E-state index is 15.7. The number of phenols is 1. The molecule has 44 nitrogen and oxygen atoms in total. The van der Waals surface area contributed by atoms with Crippen LogP contribution in [0.5, 0.6) is 5.75 Å². The highest BCUT2D eigenvalue weighted by molar-refractivity contribution is 8.00. The number of carbonyl (C=O) groups is 17. The number of para-hydroxylation sites is 2. The minimum absolute atomic E-state index is 0.00152. The van der Waals surface area contributed by atoms with Crippen molar-refractivity contribution in [2.75, 3.05) is 78.6 Å². The Morgan fingerprint density at radius 3 is 1.64 bits per heavy atom. The Morgan fingerprint density at radius 2 is 1.08 bits per heavy atom. The van der Waals surface area contributed by atoms with Gasteiger partial charge in [-0.3, -0.25) is 86.9 Å². The first-order valence-electron chi connectivity index (χ1n) is 45.1. The van der Waals surface area contributed by atoms with Gasteiger partial charge in [-0.2, -0.15) is 0 Å². The van der Waals surface area contributed by atoms with E-state index in [1.165, 1.54) is 69.8 Å². The minimum Gasteiger partial charge on any atom is -0.508 e. The molecule has 3 fully saturated rings. The number of hydrogen-bond donors (Lipinski definition) is 20. The third kappa shape index (κ3) is 29.4. The van der Waals surface area contributed by atoms with Crippen molar-refractivity contribution < 1.29 is 96.5 Å². The number of hydrogen-bond acceptors (Lipinski definition) is 23. The van der Waals surface area contributed by atoms with E-state index in [2.05, 4.69) is 78.4 Å². The van der Waals surface area contributed by atoms with Crippen LogP contribution in [0.1, 0.15) is 128 Å². The van der Waals surface area contributed by atoms with Gasteiger partial charge in [-0.05, 0) is 112 Å². The molecule has 3 aliphatic heterocycles. The molecule has 1 unspecified atom stereocenters. The summed E-state index contributed by atoms with van der Waals surface area (Å²) in [5.41, 5.74) is 19.8. The van der Waals surface area contributed by atoms with Crippen LogP contribution in [0, 0.1) is 11.3 Å². The lowest BCUT2D eigenvalue weighted by Crippen LogP contribution is -2.62. The predicted octanol–water partition coefficient (Wildman–Crippen LogP) is -3.05. The summed E-state index contributed by atoms with van der Waals surface area (Å²) in [6.07, 6.45) is 5.09. The maximum Gasteiger partial charge on any atom is 0.248 e. The molecule has 0 radical (unpaired) electrons. The van der Waals surface area contributed by atoms with E-state index < -0.39 is 229 Å². The zero-order valence-corrected chi connectivity index (χ0v) is 77.8. The number of unbranched alkanes of at least 4 members (excludes halogenated alkanes) is 1. The molecule has 14 atom stereocenters. The van der Waals surface area contributed by atoms with E-state index in [1.54, 1.807) is 81.7 Å². The zero-order chi connectivity index (χ0) is 98.4. The molecule has 732 valence electrons. The van der Waals surface area contributed by atoms with Crippen LogP contribution in [-0.2, 0) is 112 Å². The van der Waals surface area contributed by atoms with Gasteiger partial charge in [-0.1, -0.05) is 82.1 Å². The number of nitrogens with two attached hydrogens (primary N) is 3. The number of guanidine groups is 1. The number of nitrogens with zero attached hydrogens (tertiary/aromatic N) is 6. The molecular weight excluding hydrogens is 1770 g/mol. The molecule has 23 N–H and O–H groups in total. The van der Waals surface area contributed by atoms with Crippen molar-refractivity contribution >= 4 is 140 Å². The molecular formula is C90H126N24O20S. The Labute approximate surface area is 784 Å². The van der Waals surface area contributed by atoms with E-state index in [4.69, 9.17) is 27.3 Å². The van der Waals surface area contributed by atoms with Gasteiger partial charge in [-0.25, -0.2) is 4.98 Å². The molecule has 135 heavy (non-hydrogen) atoms. The number of phenolic OH excluding ortho intramolecular Hbond substituents is 1. The quantitative estimate of drug-likeness (QED) is 0.0146. The average Bonchev–Trinajstić information content (AvgIpc) is 1.80. The van der Waals surface area contributed by atoms with Gasteiger partial charge in [0.1, 0.15) is 90.3 Å². The Kier molecular flexibility index (Phi) is 39.2. The van der Waals surface area contributed by atoms with Crippen molar-refractivity contribution in [3.05, 3.63) is 120 Å². The second kappa shape index (κ2) is 50.4. The Morgan fingerprint density at radius 1 is 0.556 bits per heavy atom. The van der Waals surface area contributed by atoms with Gasteiger partial charge >= 0.3 is 0 Å². The number of aromatic amines is 3. The number of fused-ring (bicyclic) bond motifs is 4. The van der Waals surface area contributed by atoms with Crippen LogP contribution in [0.4, 0.5) is 0 Å². The summed E-state index contributed by atoms with van der Waals surface area (Å²) in [7, 11) is 3.79. The monoisotopic (exact) mass is 1890 g/mol. The van der Waals surface area contributed by atoms with Crippen LogP contribution in [0.15, 0.2) is 97.7 Å². The maximum atomic E-state index is 15.7. The topological polar surface area (TPSA) is 651 Å². The molecule has 6 heterocycles. The lowest BCUT2D eigenvalue weighted by Gasteiger charge is -2.36. The number of ether oxygens (including phenoxy) is 1. The summed E-state index contributed by atoms with van der Waals surface area (Å²) < 4.78 is 5.91. The van der Waals surface area contributed by atoms with Crippen molar-refractivity contribution in [3.63, 3.8) is 0 Å². The van der Waals surface area contributed by atoms with E-state index in [0.29, 0.717) is 57.0 Å². The summed E-state index contributed by atoms with van der Waals surface area (Å²) in [5.74, 6) is -17.8. The summed E-state index contributed by atoms with van der Waals surface area (Å²) in [6.45, 7) is 5.84. The number of aromatic nitrogens is 4. The number of thioether (sulfide) groups is 1. The summed E-state index contributed by atoms with van der Waals surface area (Å²) >= 11 is 0.756. The van der Waals surface area contributed by atoms with Crippen LogP contribution in [0.3, 0.4) is 0 Å². The van der Waals surface area contributed by atoms with Crippen LogP contribution in [0.2, 0.25) is 0 Å². The first-order chi connectivity index (χ1) is 64.4. The molecule has 6 aromatic rings. The lowest BCUT2D eigenvalue weighted by atomic mass is 10.0. The number of primary amides is 2. The number of amides is 17. The molecule has 3 aromatic carbocycles. The zero-order valence-electron chi connectivity index (χ0n) is 76.9. The predicted molar refractivity (Wildman–Crippen MR) is 495 cm³/mol. The highest BCUT2D eigenvalue weighted by atomic mass is 32.2. The van der Waals surface area contributed by atoms with Gasteiger partial charge in [0.25, 0.3) is 0 Å². The lowest BCUT2D eigenvalue weighted by molar-refractivity contribution is -0.151. The molecule has 3 aliphatic rings. The first-order valence-corrected chi connectivity index (χ1v) is 46.2. The molecule has 9 rings (SSSR count). The van der Waals surface area contributed by atoms with E-state index >= 15 is 38.4 Å². The molecule has 3 aromatic heterocycles. The number of nitrogens with one attached hydrogen (secondary N) is 15. The van der Waals surface area contributed by atoms with Gasteiger partial charge in [-0.15, -0.1) is 11.8 Å². The third-order valence-electron chi connectivity index (χ3n) is 23.9. The molecule has 0 spiro atoms. The van der Waals surface area contributed by atoms with Gasteiger partial charge in [0.15, 0.2) is 5.96 Å². The standard InChI is InChI=1S/C90H126N24O20S/c1-9-11-24-69-82(126)102-60(23-16-31-96-90(93)94)78(122)109-68(77(121)99-43-74(92)118)46-135-47-75(119)101-64(35-51-27-29-55(116)30-28-51)85(129)110(6)50(5)76(120)105-66(39-73(91)117)88(132)114-33-18-26-71(114)84(128)104-62(38-54-42-95-48-100-54)80(124)106-63(34-49(3)4)87(131)113-32-17-25-70(113)83(127)103-61(36-52-40-97-58-21-14-12-19-56(52)58)79(123)108-67(44-115)81(125)107-65(37-53-41-98-59-22-15-13-20-57(53)59)86(130)112(8)72(45-134-10-2)89(133)111(69)7/h12-15,19-22,27-30,40-42,48-50,60-72,97-98,115-116H,9-11,16-18,23-26,31-39,43-47H2,1-8H3,(H2,91,117)(H2,92,118)(H,95,100)(H,99,121)(H,101,119)(H,102,126)(H,103,127)(H,104,128)(H,105,120)(H,106,124)(H,107,125)(H,108,123)(H,109,122)(H4,93,94,96)/t50-,60-,61-,62-,63-,64-,65-,66-,67-,68?,69-,70-,71-,72-/m0/s1. The number of carbonyl (C=O) groups excluding carboxylic acids is 17. The normalized spacial score (nSPS) is 24.2. The summed E-state index contributed by atoms with van der Waals surface area (Å²) in [4.78, 5) is 269. The molecule has 3 saturated heterocycles. The second-order valence-corrected chi connectivity index (χ2v) is 35.3. The highest BCUT2D eigenvalue weighted by Gasteiger charge is 2.46. The average molecular weight is 1900 g/mol. The van der Waals surface area contributed by atoms with Crippen molar-refractivity contribution in [3.8, 4) is 5.75 Å². The number of likely N-dealkylation sites (N-methyl/N-ethyl adjacent to an activating group) is 3.